The van der Waals surface area contributed by atoms with Gasteiger partial charge in [0.2, 0.25) is 0 Å². The van der Waals surface area contributed by atoms with Crippen LogP contribution in [0.5, 0.6) is 0 Å². The zero-order chi connectivity index (χ0) is 15.6. The Hall–Kier alpha value is -0.616. The van der Waals surface area contributed by atoms with E-state index < -0.39 is 0 Å². The molecule has 0 aromatic heterocycles. The number of rotatable bonds is 9. The monoisotopic (exact) mass is 372 g/mol. The van der Waals surface area contributed by atoms with Crippen LogP contribution in [0.2, 0.25) is 0 Å². The second-order valence-corrected chi connectivity index (χ2v) is 5.89. The Bertz CT molecular complexity index is 379. The minimum atomic E-state index is -0.347. The number of nitrogens with zero attached hydrogens (tertiary/aromatic N) is 2. The van der Waals surface area contributed by atoms with Gasteiger partial charge >= 0.3 is 5.97 Å². The second-order valence-electron chi connectivity index (χ2n) is 5.89. The molecule has 0 aromatic rings. The molecule has 7 heteroatoms. The molecule has 0 N–H and O–H groups in total. The minimum absolute atomic E-state index is 0. The smallest absolute Gasteiger partial charge is 0.302 e. The topological polar surface area (TPSA) is 77.3 Å². The van der Waals surface area contributed by atoms with Crippen LogP contribution >= 0.6 is 0 Å². The number of esters is 1. The van der Waals surface area contributed by atoms with Gasteiger partial charge in [-0.05, 0) is 0 Å². The van der Waals surface area contributed by atoms with Crippen molar-refractivity contribution in [2.75, 3.05) is 19.9 Å². The maximum atomic E-state index is 10.7. The Kier molecular flexibility index (Phi) is 11.9. The molecule has 0 aliphatic heterocycles. The number of carbonyl (C=O) groups excluding carboxylic acids is 2. The Morgan fingerprint density at radius 2 is 1.57 bits per heavy atom. The van der Waals surface area contributed by atoms with Crippen molar-refractivity contribution in [3.8, 4) is 0 Å². The van der Waals surface area contributed by atoms with Gasteiger partial charge in [-0.15, -0.1) is 0 Å². The average molecular weight is 372 g/mol. The molecule has 0 saturated carbocycles. The van der Waals surface area contributed by atoms with Crippen molar-refractivity contribution < 1.29 is 51.8 Å². The largest absolute Gasteiger partial charge is 0.652 e. The molecule has 0 aliphatic carbocycles. The van der Waals surface area contributed by atoms with Gasteiger partial charge in [-0.1, -0.05) is 34.2 Å². The van der Waals surface area contributed by atoms with Crippen molar-refractivity contribution in [1.82, 2.24) is 0 Å². The van der Waals surface area contributed by atoms with E-state index in [0.717, 1.165) is 0 Å². The Balaban J connectivity index is 0. The average Bonchev–Trinajstić information content (AvgIpc) is 2.33. The number of hydrogen-bond acceptors (Lipinski definition) is 6. The van der Waals surface area contributed by atoms with E-state index in [1.165, 1.54) is 13.4 Å². The van der Waals surface area contributed by atoms with Crippen LogP contribution in [0.3, 0.4) is 0 Å². The third-order valence-corrected chi connectivity index (χ3v) is 2.20. The van der Waals surface area contributed by atoms with Crippen LogP contribution in [-0.2, 0) is 51.8 Å². The number of carbonyl (C=O) groups is 1. The Morgan fingerprint density at radius 3 is 2.00 bits per heavy atom. The van der Waals surface area contributed by atoms with Crippen LogP contribution in [-0.4, -0.2) is 44.8 Å². The standard InChI is InChI=1S/C14H23N2O4.Y/c1-12(18)20-9-14(4,5)7-16-10-15-6-13(2,3)8-19-11-17;/h6-7H,8-10H2,1-5H3;/q-1;. The minimum Gasteiger partial charge on any atom is -0.652 e. The van der Waals surface area contributed by atoms with Crippen molar-refractivity contribution in [2.24, 2.45) is 20.8 Å². The molecule has 21 heavy (non-hydrogen) atoms. The summed E-state index contributed by atoms with van der Waals surface area (Å²) in [6.45, 7) is 11.2. The summed E-state index contributed by atoms with van der Waals surface area (Å²) >= 11 is 0. The van der Waals surface area contributed by atoms with E-state index in [4.69, 9.17) is 4.74 Å². The Labute approximate surface area is 151 Å². The van der Waals surface area contributed by atoms with E-state index >= 15 is 0 Å². The van der Waals surface area contributed by atoms with E-state index in [9.17, 15) is 9.59 Å². The quantitative estimate of drug-likeness (QED) is 0.351. The van der Waals surface area contributed by atoms with E-state index in [1.807, 2.05) is 27.7 Å². The van der Waals surface area contributed by atoms with Gasteiger partial charge in [-0.3, -0.25) is 14.8 Å². The summed E-state index contributed by atoms with van der Waals surface area (Å²) in [7, 11) is 0. The van der Waals surface area contributed by atoms with Gasteiger partial charge in [0.05, 0.1) is 6.61 Å². The van der Waals surface area contributed by atoms with Crippen LogP contribution in [0.1, 0.15) is 34.6 Å². The molecule has 0 heterocycles. The maximum absolute atomic E-state index is 10.7. The van der Waals surface area contributed by atoms with Gasteiger partial charge in [0.25, 0.3) is 0 Å². The van der Waals surface area contributed by atoms with Gasteiger partial charge in [0.15, 0.2) is 0 Å². The second kappa shape index (κ2) is 11.0. The van der Waals surface area contributed by atoms with Crippen LogP contribution in [0.4, 0.5) is 0 Å². The fourth-order valence-corrected chi connectivity index (χ4v) is 1.20. The van der Waals surface area contributed by atoms with E-state index in [0.29, 0.717) is 0 Å². The van der Waals surface area contributed by atoms with E-state index in [-0.39, 0.29) is 69.4 Å². The molecule has 6 nitrogen and oxygen atoms in total. The molecule has 117 valence electrons. The summed E-state index contributed by atoms with van der Waals surface area (Å²) in [6.07, 6.45) is 3.41. The molecule has 0 spiro atoms. The van der Waals surface area contributed by atoms with Gasteiger partial charge in [-0.25, -0.2) is 0 Å². The van der Waals surface area contributed by atoms with Gasteiger partial charge in [0, 0.05) is 62.9 Å². The van der Waals surface area contributed by atoms with Crippen LogP contribution in [0.15, 0.2) is 9.98 Å². The molecule has 0 unspecified atom stereocenters. The van der Waals surface area contributed by atoms with Crippen LogP contribution < -0.4 is 0 Å². The molecule has 1 radical (unpaired) electrons. The summed E-state index contributed by atoms with van der Waals surface area (Å²) in [5, 5.41) is 0. The van der Waals surface area contributed by atoms with Crippen molar-refractivity contribution in [2.45, 2.75) is 34.6 Å². The molecular weight excluding hydrogens is 349 g/mol. The third kappa shape index (κ3) is 14.1. The SMILES string of the molecule is CC(=O)OCC(C)(C)C=NCN=CC(C)(C)CO[C-]=O.[Y]. The van der Waals surface area contributed by atoms with E-state index in [2.05, 4.69) is 14.7 Å². The molecule has 0 atom stereocenters. The Morgan fingerprint density at radius 1 is 1.10 bits per heavy atom. The molecule has 0 amide bonds. The molecule has 0 saturated heterocycles. The normalized spacial score (nSPS) is 12.2. The van der Waals surface area contributed by atoms with Crippen molar-refractivity contribution in [3.05, 3.63) is 0 Å². The first-order valence-corrected chi connectivity index (χ1v) is 6.33. The van der Waals surface area contributed by atoms with Gasteiger partial charge in [-0.2, -0.15) is 0 Å². The van der Waals surface area contributed by atoms with Gasteiger partial charge in [0.1, 0.15) is 13.3 Å². The number of hydrogen-bond donors (Lipinski definition) is 0. The molecule has 0 rings (SSSR count). The van der Waals surface area contributed by atoms with Crippen molar-refractivity contribution in [3.63, 3.8) is 0 Å². The maximum Gasteiger partial charge on any atom is 0.302 e. The zero-order valence-corrected chi connectivity index (χ0v) is 16.2. The van der Waals surface area contributed by atoms with E-state index in [1.54, 1.807) is 12.4 Å². The van der Waals surface area contributed by atoms with Crippen molar-refractivity contribution >= 4 is 24.9 Å². The first-order chi connectivity index (χ1) is 9.18. The predicted octanol–water partition coefficient (Wildman–Crippen LogP) is 1.78. The summed E-state index contributed by atoms with van der Waals surface area (Å²) in [5.74, 6) is -0.307. The summed E-state index contributed by atoms with van der Waals surface area (Å²) in [5.41, 5.74) is -0.674. The fourth-order valence-electron chi connectivity index (χ4n) is 1.20. The van der Waals surface area contributed by atoms with Crippen LogP contribution in [0, 0.1) is 10.8 Å². The molecule has 0 aromatic carbocycles. The number of aliphatic imine (C=N–C) groups is 2. The summed E-state index contributed by atoms with van der Waals surface area (Å²) < 4.78 is 9.52. The number of ether oxygens (including phenoxy) is 2. The van der Waals surface area contributed by atoms with Crippen molar-refractivity contribution in [1.29, 1.82) is 0 Å². The third-order valence-electron chi connectivity index (χ3n) is 2.20. The first kappa shape index (κ1) is 22.7. The molecule has 0 fully saturated rings. The van der Waals surface area contributed by atoms with Crippen LogP contribution in [0.25, 0.3) is 0 Å². The zero-order valence-electron chi connectivity index (χ0n) is 13.4. The predicted molar refractivity (Wildman–Crippen MR) is 77.7 cm³/mol. The first-order valence-electron chi connectivity index (χ1n) is 6.33. The molecule has 0 bridgehead atoms. The summed E-state index contributed by atoms with van der Waals surface area (Å²) in [6, 6.07) is 0. The molecular formula is C14H23N2O4Y-. The fraction of sp³-hybridized carbons (Fsp3) is 0.714. The summed E-state index contributed by atoms with van der Waals surface area (Å²) in [4.78, 5) is 29.1. The van der Waals surface area contributed by atoms with Gasteiger partial charge < -0.3 is 14.3 Å². The molecule has 0 aliphatic rings.